The second-order valence-corrected chi connectivity index (χ2v) is 6.64. The van der Waals surface area contributed by atoms with Crippen molar-refractivity contribution in [2.75, 3.05) is 0 Å². The summed E-state index contributed by atoms with van der Waals surface area (Å²) in [6.45, 7) is 4.61. The van der Waals surface area contributed by atoms with Crippen molar-refractivity contribution >= 4 is 22.9 Å². The van der Waals surface area contributed by atoms with Gasteiger partial charge in [0.25, 0.3) is 11.5 Å². The lowest BCUT2D eigenvalue weighted by atomic mass is 10.1. The Labute approximate surface area is 165 Å². The van der Waals surface area contributed by atoms with Crippen LogP contribution in [0.1, 0.15) is 33.2 Å². The first-order chi connectivity index (χ1) is 14.0. The van der Waals surface area contributed by atoms with Crippen LogP contribution in [-0.4, -0.2) is 26.9 Å². The number of hydrogen-bond donors (Lipinski definition) is 2. The van der Waals surface area contributed by atoms with Crippen LogP contribution >= 0.6 is 0 Å². The van der Waals surface area contributed by atoms with Crippen molar-refractivity contribution in [1.29, 1.82) is 0 Å². The predicted molar refractivity (Wildman–Crippen MR) is 109 cm³/mol. The minimum Gasteiger partial charge on any atom is -0.467 e. The van der Waals surface area contributed by atoms with Crippen molar-refractivity contribution in [3.05, 3.63) is 87.5 Å². The molecule has 146 valence electrons. The molecule has 0 fully saturated rings. The normalized spacial score (nSPS) is 11.4. The summed E-state index contributed by atoms with van der Waals surface area (Å²) in [7, 11) is 0. The van der Waals surface area contributed by atoms with E-state index in [2.05, 4.69) is 25.3 Å². The molecule has 29 heavy (non-hydrogen) atoms. The third kappa shape index (κ3) is 3.60. The number of benzene rings is 1. The fraction of sp³-hybridized carbons (Fsp3) is 0.143. The molecule has 0 aliphatic heterocycles. The van der Waals surface area contributed by atoms with Gasteiger partial charge in [0.15, 0.2) is 5.69 Å². The minimum atomic E-state index is -0.502. The molecule has 0 unspecified atom stereocenters. The molecule has 3 aromatic heterocycles. The molecule has 1 aromatic carbocycles. The molecule has 0 saturated carbocycles. The van der Waals surface area contributed by atoms with Gasteiger partial charge >= 0.3 is 0 Å². The molecule has 2 N–H and O–H groups in total. The highest BCUT2D eigenvalue weighted by Gasteiger charge is 2.14. The highest BCUT2D eigenvalue weighted by molar-refractivity contribution is 6.04. The molecule has 8 nitrogen and oxygen atoms in total. The van der Waals surface area contributed by atoms with Crippen molar-refractivity contribution in [2.45, 2.75) is 20.4 Å². The van der Waals surface area contributed by atoms with E-state index in [1.54, 1.807) is 36.7 Å². The Balaban J connectivity index is 1.53. The van der Waals surface area contributed by atoms with Crippen LogP contribution in [0.25, 0.3) is 10.8 Å². The number of H-pyrrole nitrogens is 1. The predicted octanol–water partition coefficient (Wildman–Crippen LogP) is 2.75. The highest BCUT2D eigenvalue weighted by Crippen LogP contribution is 2.16. The van der Waals surface area contributed by atoms with E-state index in [4.69, 9.17) is 4.42 Å². The van der Waals surface area contributed by atoms with Crippen LogP contribution in [-0.2, 0) is 6.54 Å². The molecular weight excluding hydrogens is 370 g/mol. The van der Waals surface area contributed by atoms with E-state index < -0.39 is 5.91 Å². The lowest BCUT2D eigenvalue weighted by Crippen LogP contribution is -2.22. The number of aromatic nitrogens is 3. The van der Waals surface area contributed by atoms with Crippen LogP contribution in [0.5, 0.6) is 0 Å². The quantitative estimate of drug-likeness (QED) is 0.404. The molecule has 3 heterocycles. The lowest BCUT2D eigenvalue weighted by molar-refractivity contribution is 0.0951. The molecule has 0 aliphatic carbocycles. The number of amides is 1. The van der Waals surface area contributed by atoms with Gasteiger partial charge in [-0.15, -0.1) is 0 Å². The fourth-order valence-electron chi connectivity index (χ4n) is 3.26. The molecule has 0 aliphatic rings. The van der Waals surface area contributed by atoms with E-state index >= 15 is 0 Å². The molecule has 1 amide bonds. The van der Waals surface area contributed by atoms with Gasteiger partial charge in [0, 0.05) is 22.3 Å². The third-order valence-corrected chi connectivity index (χ3v) is 4.79. The van der Waals surface area contributed by atoms with E-state index in [1.165, 1.54) is 0 Å². The summed E-state index contributed by atoms with van der Waals surface area (Å²) in [5, 5.41) is 11.2. The first kappa shape index (κ1) is 18.4. The number of furan rings is 1. The second kappa shape index (κ2) is 7.59. The smallest absolute Gasteiger partial charge is 0.292 e. The van der Waals surface area contributed by atoms with Crippen molar-refractivity contribution in [3.8, 4) is 0 Å². The number of rotatable bonds is 5. The Morgan fingerprint density at radius 3 is 2.79 bits per heavy atom. The Kier molecular flexibility index (Phi) is 4.82. The van der Waals surface area contributed by atoms with Gasteiger partial charge in [-0.25, -0.2) is 10.5 Å². The second-order valence-electron chi connectivity index (χ2n) is 6.64. The molecule has 0 atom stereocenters. The summed E-state index contributed by atoms with van der Waals surface area (Å²) in [6.07, 6.45) is 3.24. The van der Waals surface area contributed by atoms with Gasteiger partial charge < -0.3 is 8.98 Å². The molecule has 4 rings (SSSR count). The van der Waals surface area contributed by atoms with Gasteiger partial charge in [0.1, 0.15) is 5.76 Å². The molecule has 0 bridgehead atoms. The summed E-state index contributed by atoms with van der Waals surface area (Å²) in [6, 6.07) is 12.6. The minimum absolute atomic E-state index is 0.112. The van der Waals surface area contributed by atoms with Crippen molar-refractivity contribution < 1.29 is 9.21 Å². The molecule has 4 aromatic rings. The number of aromatic amines is 1. The van der Waals surface area contributed by atoms with Crippen molar-refractivity contribution in [2.24, 2.45) is 5.10 Å². The number of aryl methyl sites for hydroxylation is 1. The van der Waals surface area contributed by atoms with Gasteiger partial charge in [0.05, 0.1) is 24.4 Å². The van der Waals surface area contributed by atoms with Crippen LogP contribution in [0.4, 0.5) is 0 Å². The average Bonchev–Trinajstić information content (AvgIpc) is 3.32. The Bertz CT molecular complexity index is 1270. The van der Waals surface area contributed by atoms with Crippen LogP contribution in [0.15, 0.2) is 63.0 Å². The van der Waals surface area contributed by atoms with E-state index in [1.807, 2.05) is 32.0 Å². The number of carbonyl (C=O) groups excluding carboxylic acids is 1. The number of nitrogens with zero attached hydrogens (tertiary/aromatic N) is 3. The summed E-state index contributed by atoms with van der Waals surface area (Å²) in [4.78, 5) is 24.4. The van der Waals surface area contributed by atoms with E-state index in [0.29, 0.717) is 17.3 Å². The maximum Gasteiger partial charge on any atom is 0.292 e. The van der Waals surface area contributed by atoms with E-state index in [-0.39, 0.29) is 11.3 Å². The zero-order valence-corrected chi connectivity index (χ0v) is 16.0. The Hall–Kier alpha value is -3.94. The van der Waals surface area contributed by atoms with Gasteiger partial charge in [0.2, 0.25) is 0 Å². The van der Waals surface area contributed by atoms with Gasteiger partial charge in [-0.05, 0) is 38.1 Å². The molecule has 0 spiro atoms. The number of hydrogen-bond acceptors (Lipinski definition) is 5. The van der Waals surface area contributed by atoms with Crippen LogP contribution < -0.4 is 11.0 Å². The zero-order chi connectivity index (χ0) is 20.4. The first-order valence-corrected chi connectivity index (χ1v) is 9.04. The summed E-state index contributed by atoms with van der Waals surface area (Å²) >= 11 is 0. The largest absolute Gasteiger partial charge is 0.467 e. The van der Waals surface area contributed by atoms with Crippen molar-refractivity contribution in [1.82, 2.24) is 20.2 Å². The maximum absolute atomic E-state index is 12.5. The molecular formula is C21H19N5O3. The average molecular weight is 389 g/mol. The van der Waals surface area contributed by atoms with Gasteiger partial charge in [-0.2, -0.15) is 10.2 Å². The number of nitrogens with one attached hydrogen (secondary N) is 2. The number of carbonyl (C=O) groups is 1. The van der Waals surface area contributed by atoms with Crippen molar-refractivity contribution in [3.63, 3.8) is 0 Å². The number of hydrazone groups is 1. The van der Waals surface area contributed by atoms with Crippen LogP contribution in [0, 0.1) is 13.8 Å². The van der Waals surface area contributed by atoms with E-state index in [9.17, 15) is 9.59 Å². The third-order valence-electron chi connectivity index (χ3n) is 4.79. The van der Waals surface area contributed by atoms with E-state index in [0.717, 1.165) is 22.7 Å². The first-order valence-electron chi connectivity index (χ1n) is 9.04. The SMILES string of the molecule is Cc1cc(/C=N\NC(=O)c2n[nH]c(=O)c3ccccc23)c(C)n1Cc1ccco1. The van der Waals surface area contributed by atoms with Gasteiger partial charge in [-0.1, -0.05) is 18.2 Å². The fourth-order valence-corrected chi connectivity index (χ4v) is 3.26. The molecule has 0 radical (unpaired) electrons. The maximum atomic E-state index is 12.5. The number of fused-ring (bicyclic) bond motifs is 1. The topological polar surface area (TPSA) is 105 Å². The highest BCUT2D eigenvalue weighted by atomic mass is 16.3. The summed E-state index contributed by atoms with van der Waals surface area (Å²) in [5.41, 5.74) is 5.19. The van der Waals surface area contributed by atoms with Crippen LogP contribution in [0.3, 0.4) is 0 Å². The molecule has 0 saturated heterocycles. The Morgan fingerprint density at radius 2 is 2.03 bits per heavy atom. The summed E-state index contributed by atoms with van der Waals surface area (Å²) < 4.78 is 7.53. The summed E-state index contributed by atoms with van der Waals surface area (Å²) in [5.74, 6) is 0.359. The molecule has 8 heteroatoms. The van der Waals surface area contributed by atoms with Gasteiger partial charge in [-0.3, -0.25) is 9.59 Å². The Morgan fingerprint density at radius 1 is 1.24 bits per heavy atom. The lowest BCUT2D eigenvalue weighted by Gasteiger charge is -2.07. The zero-order valence-electron chi connectivity index (χ0n) is 16.0. The monoisotopic (exact) mass is 389 g/mol. The van der Waals surface area contributed by atoms with Crippen LogP contribution in [0.2, 0.25) is 0 Å². The standard InChI is InChI=1S/C21H19N5O3/c1-13-10-15(14(2)26(13)12-16-6-5-9-29-16)11-22-24-21(28)19-17-7-3-4-8-18(17)20(27)25-23-19/h3-11H,12H2,1-2H3,(H,24,28)(H,25,27)/b22-11-.